The molecule has 1 fully saturated rings. The maximum absolute atomic E-state index is 5.94. The van der Waals surface area contributed by atoms with Gasteiger partial charge in [-0.3, -0.25) is 4.99 Å². The Labute approximate surface area is 115 Å². The summed E-state index contributed by atoms with van der Waals surface area (Å²) in [4.78, 5) is 4.48. The second-order valence-corrected chi connectivity index (χ2v) is 5.28. The minimum Gasteiger partial charge on any atom is -0.495 e. The Hall–Kier alpha value is -1.71. The first-order valence-electron chi connectivity index (χ1n) is 6.89. The fraction of sp³-hybridized carbons (Fsp3) is 0.533. The molecule has 0 radical (unpaired) electrons. The smallest absolute Gasteiger partial charge is 0.193 e. The fourth-order valence-corrected chi connectivity index (χ4v) is 2.37. The van der Waals surface area contributed by atoms with Crippen molar-refractivity contribution < 1.29 is 4.74 Å². The molecule has 0 amide bonds. The first kappa shape index (κ1) is 13.7. The molecule has 1 aliphatic rings. The minimum absolute atomic E-state index is 0.432. The van der Waals surface area contributed by atoms with Gasteiger partial charge in [0, 0.05) is 6.54 Å². The average molecular weight is 261 g/mol. The van der Waals surface area contributed by atoms with Gasteiger partial charge in [0.2, 0.25) is 0 Å². The van der Waals surface area contributed by atoms with Gasteiger partial charge in [-0.05, 0) is 36.8 Å². The second kappa shape index (κ2) is 5.95. The van der Waals surface area contributed by atoms with Crippen LogP contribution in [0.15, 0.2) is 29.3 Å². The summed E-state index contributed by atoms with van der Waals surface area (Å²) < 4.78 is 5.27. The maximum Gasteiger partial charge on any atom is 0.193 e. The van der Waals surface area contributed by atoms with E-state index in [1.165, 1.54) is 25.7 Å². The highest BCUT2D eigenvalue weighted by molar-refractivity contribution is 5.93. The molecule has 0 aromatic heterocycles. The Morgan fingerprint density at radius 3 is 2.79 bits per heavy atom. The van der Waals surface area contributed by atoms with Gasteiger partial charge < -0.3 is 15.8 Å². The van der Waals surface area contributed by atoms with Gasteiger partial charge >= 0.3 is 0 Å². The number of para-hydroxylation sites is 2. The summed E-state index contributed by atoms with van der Waals surface area (Å²) >= 11 is 0. The van der Waals surface area contributed by atoms with Crippen molar-refractivity contribution in [3.63, 3.8) is 0 Å². The number of aliphatic imine (C=N–C) groups is 1. The van der Waals surface area contributed by atoms with E-state index in [0.29, 0.717) is 11.4 Å². The van der Waals surface area contributed by atoms with Gasteiger partial charge in [0.1, 0.15) is 5.75 Å². The van der Waals surface area contributed by atoms with E-state index in [2.05, 4.69) is 17.2 Å². The van der Waals surface area contributed by atoms with Crippen molar-refractivity contribution in [1.29, 1.82) is 0 Å². The Bertz CT molecular complexity index is 452. The van der Waals surface area contributed by atoms with Gasteiger partial charge in [-0.15, -0.1) is 0 Å². The van der Waals surface area contributed by atoms with E-state index in [0.717, 1.165) is 18.0 Å². The third kappa shape index (κ3) is 3.63. The summed E-state index contributed by atoms with van der Waals surface area (Å²) in [7, 11) is 1.65. The van der Waals surface area contributed by atoms with Crippen molar-refractivity contribution >= 4 is 11.6 Å². The van der Waals surface area contributed by atoms with Gasteiger partial charge in [0.25, 0.3) is 0 Å². The quantitative estimate of drug-likeness (QED) is 0.611. The SMILES string of the molecule is CCCC1(CN=C(N)Nc2ccccc2OC)CC1. The molecule has 1 aromatic rings. The second-order valence-electron chi connectivity index (χ2n) is 5.28. The molecule has 0 saturated heterocycles. The fourth-order valence-electron chi connectivity index (χ4n) is 2.37. The largest absolute Gasteiger partial charge is 0.495 e. The molecule has 104 valence electrons. The van der Waals surface area contributed by atoms with Crippen LogP contribution in [0.1, 0.15) is 32.6 Å². The van der Waals surface area contributed by atoms with Crippen LogP contribution in [0.5, 0.6) is 5.75 Å². The lowest BCUT2D eigenvalue weighted by molar-refractivity contribution is 0.417. The first-order chi connectivity index (χ1) is 9.19. The molecule has 1 aromatic carbocycles. The molecule has 0 aliphatic heterocycles. The predicted molar refractivity (Wildman–Crippen MR) is 79.7 cm³/mol. The summed E-state index contributed by atoms with van der Waals surface area (Å²) in [5.41, 5.74) is 7.23. The molecule has 19 heavy (non-hydrogen) atoms. The molecule has 1 aliphatic carbocycles. The Morgan fingerprint density at radius 1 is 1.42 bits per heavy atom. The number of anilines is 1. The lowest BCUT2D eigenvalue weighted by Crippen LogP contribution is -2.24. The number of rotatable bonds is 6. The number of hydrogen-bond donors (Lipinski definition) is 2. The highest BCUT2D eigenvalue weighted by Gasteiger charge is 2.41. The standard InChI is InChI=1S/C15H23N3O/c1-3-8-15(9-10-15)11-17-14(16)18-12-6-4-5-7-13(12)19-2/h4-7H,3,8-11H2,1-2H3,(H3,16,17,18). The molecule has 0 bridgehead atoms. The van der Waals surface area contributed by atoms with Gasteiger partial charge in [-0.1, -0.05) is 25.5 Å². The van der Waals surface area contributed by atoms with Gasteiger partial charge in [-0.25, -0.2) is 0 Å². The van der Waals surface area contributed by atoms with Crippen molar-refractivity contribution in [3.8, 4) is 5.75 Å². The van der Waals surface area contributed by atoms with Crippen LogP contribution in [-0.2, 0) is 0 Å². The normalized spacial score (nSPS) is 17.1. The topological polar surface area (TPSA) is 59.6 Å². The predicted octanol–water partition coefficient (Wildman–Crippen LogP) is 3.00. The van der Waals surface area contributed by atoms with Crippen molar-refractivity contribution in [3.05, 3.63) is 24.3 Å². The molecule has 2 rings (SSSR count). The zero-order chi connectivity index (χ0) is 13.7. The molecule has 0 unspecified atom stereocenters. The summed E-state index contributed by atoms with van der Waals surface area (Å²) in [5.74, 6) is 1.24. The first-order valence-corrected chi connectivity index (χ1v) is 6.89. The number of benzene rings is 1. The molecular formula is C15H23N3O. The van der Waals surface area contributed by atoms with Gasteiger partial charge in [0.15, 0.2) is 5.96 Å². The highest BCUT2D eigenvalue weighted by Crippen LogP contribution is 2.49. The van der Waals surface area contributed by atoms with Crippen molar-refractivity contribution in [1.82, 2.24) is 0 Å². The molecule has 0 atom stereocenters. The molecular weight excluding hydrogens is 238 g/mol. The number of nitrogens with two attached hydrogens (primary N) is 1. The van der Waals surface area contributed by atoms with E-state index in [-0.39, 0.29) is 0 Å². The molecule has 1 saturated carbocycles. The van der Waals surface area contributed by atoms with Crippen LogP contribution in [-0.4, -0.2) is 19.6 Å². The number of nitrogens with one attached hydrogen (secondary N) is 1. The van der Waals surface area contributed by atoms with E-state index in [4.69, 9.17) is 10.5 Å². The monoisotopic (exact) mass is 261 g/mol. The molecule has 0 heterocycles. The summed E-state index contributed by atoms with van der Waals surface area (Å²) in [6, 6.07) is 7.70. The van der Waals surface area contributed by atoms with Crippen molar-refractivity contribution in [2.75, 3.05) is 19.0 Å². The lowest BCUT2D eigenvalue weighted by atomic mass is 10.0. The summed E-state index contributed by atoms with van der Waals surface area (Å²) in [6.45, 7) is 3.05. The van der Waals surface area contributed by atoms with Gasteiger partial charge in [-0.2, -0.15) is 0 Å². The third-order valence-corrected chi connectivity index (χ3v) is 3.69. The minimum atomic E-state index is 0.432. The Morgan fingerprint density at radius 2 is 2.16 bits per heavy atom. The Kier molecular flexibility index (Phi) is 4.30. The number of ether oxygens (including phenoxy) is 1. The van der Waals surface area contributed by atoms with Gasteiger partial charge in [0.05, 0.1) is 12.8 Å². The third-order valence-electron chi connectivity index (χ3n) is 3.69. The average Bonchev–Trinajstić information content (AvgIpc) is 3.18. The summed E-state index contributed by atoms with van der Waals surface area (Å²) in [6.07, 6.45) is 5.03. The maximum atomic E-state index is 5.94. The van der Waals surface area contributed by atoms with Crippen LogP contribution in [0.25, 0.3) is 0 Å². The summed E-state index contributed by atoms with van der Waals surface area (Å²) in [5, 5.41) is 3.11. The number of nitrogens with zero attached hydrogens (tertiary/aromatic N) is 1. The van der Waals surface area contributed by atoms with E-state index < -0.39 is 0 Å². The van der Waals surface area contributed by atoms with E-state index >= 15 is 0 Å². The van der Waals surface area contributed by atoms with E-state index in [1.54, 1.807) is 7.11 Å². The van der Waals surface area contributed by atoms with Crippen molar-refractivity contribution in [2.45, 2.75) is 32.6 Å². The van der Waals surface area contributed by atoms with E-state index in [9.17, 15) is 0 Å². The van der Waals surface area contributed by atoms with Crippen LogP contribution < -0.4 is 15.8 Å². The molecule has 3 N–H and O–H groups in total. The molecule has 4 heteroatoms. The van der Waals surface area contributed by atoms with Crippen LogP contribution in [0, 0.1) is 5.41 Å². The number of guanidine groups is 1. The Balaban J connectivity index is 1.95. The zero-order valence-electron chi connectivity index (χ0n) is 11.8. The lowest BCUT2D eigenvalue weighted by Gasteiger charge is -2.13. The van der Waals surface area contributed by atoms with Crippen LogP contribution in [0.2, 0.25) is 0 Å². The molecule has 0 spiro atoms. The van der Waals surface area contributed by atoms with Crippen LogP contribution in [0.4, 0.5) is 5.69 Å². The number of hydrogen-bond acceptors (Lipinski definition) is 2. The highest BCUT2D eigenvalue weighted by atomic mass is 16.5. The van der Waals surface area contributed by atoms with Crippen molar-refractivity contribution in [2.24, 2.45) is 16.1 Å². The number of methoxy groups -OCH3 is 1. The molecule has 4 nitrogen and oxygen atoms in total. The van der Waals surface area contributed by atoms with Crippen LogP contribution >= 0.6 is 0 Å². The zero-order valence-corrected chi connectivity index (χ0v) is 11.8. The van der Waals surface area contributed by atoms with Crippen LogP contribution in [0.3, 0.4) is 0 Å². The van der Waals surface area contributed by atoms with E-state index in [1.807, 2.05) is 24.3 Å².